The van der Waals surface area contributed by atoms with Gasteiger partial charge in [-0.2, -0.15) is 0 Å². The second-order valence-electron chi connectivity index (χ2n) is 4.16. The zero-order chi connectivity index (χ0) is 13.4. The molecule has 0 fully saturated rings. The highest BCUT2D eigenvalue weighted by Crippen LogP contribution is 2.23. The van der Waals surface area contributed by atoms with Crippen molar-refractivity contribution in [2.75, 3.05) is 6.61 Å². The van der Waals surface area contributed by atoms with Gasteiger partial charge in [0.2, 0.25) is 0 Å². The van der Waals surface area contributed by atoms with E-state index >= 15 is 0 Å². The summed E-state index contributed by atoms with van der Waals surface area (Å²) < 4.78 is 5.44. The highest BCUT2D eigenvalue weighted by atomic mass is 16.5. The maximum absolute atomic E-state index is 11.1. The van der Waals surface area contributed by atoms with Crippen molar-refractivity contribution in [3.05, 3.63) is 35.9 Å². The van der Waals surface area contributed by atoms with E-state index in [-0.39, 0.29) is 11.5 Å². The molecule has 0 amide bonds. The molecule has 18 heavy (non-hydrogen) atoms. The maximum Gasteiger partial charge on any atom is 0.163 e. The van der Waals surface area contributed by atoms with Gasteiger partial charge in [0.25, 0.3) is 0 Å². The molecule has 0 bridgehead atoms. The van der Waals surface area contributed by atoms with Crippen LogP contribution in [0.3, 0.4) is 0 Å². The second kappa shape index (κ2) is 7.54. The van der Waals surface area contributed by atoms with Crippen LogP contribution in [0.1, 0.15) is 43.5 Å². The molecule has 0 radical (unpaired) electrons. The van der Waals surface area contributed by atoms with Gasteiger partial charge in [0, 0.05) is 6.07 Å². The molecule has 1 N–H and O–H groups in total. The van der Waals surface area contributed by atoms with Crippen molar-refractivity contribution in [2.45, 2.75) is 33.1 Å². The van der Waals surface area contributed by atoms with Crippen LogP contribution in [0.2, 0.25) is 0 Å². The van der Waals surface area contributed by atoms with Gasteiger partial charge in [0.15, 0.2) is 5.78 Å². The minimum Gasteiger partial charge on any atom is -0.507 e. The van der Waals surface area contributed by atoms with Crippen LogP contribution in [0.25, 0.3) is 0 Å². The predicted molar refractivity (Wildman–Crippen MR) is 72.3 cm³/mol. The third-order valence-electron chi connectivity index (χ3n) is 2.59. The van der Waals surface area contributed by atoms with Crippen LogP contribution < -0.4 is 4.74 Å². The minimum atomic E-state index is -0.154. The van der Waals surface area contributed by atoms with E-state index in [0.717, 1.165) is 6.42 Å². The van der Waals surface area contributed by atoms with Crippen molar-refractivity contribution < 1.29 is 14.6 Å². The first-order valence-electron chi connectivity index (χ1n) is 6.27. The van der Waals surface area contributed by atoms with Gasteiger partial charge in [-0.05, 0) is 25.5 Å². The highest BCUT2D eigenvalue weighted by Gasteiger charge is 2.06. The molecule has 1 rings (SSSR count). The fraction of sp³-hybridized carbons (Fsp3) is 0.400. The van der Waals surface area contributed by atoms with Gasteiger partial charge in [-0.15, -0.1) is 0 Å². The van der Waals surface area contributed by atoms with E-state index in [9.17, 15) is 9.90 Å². The van der Waals surface area contributed by atoms with Crippen molar-refractivity contribution in [3.63, 3.8) is 0 Å². The Hall–Kier alpha value is -1.77. The number of ketones is 1. The highest BCUT2D eigenvalue weighted by molar-refractivity contribution is 5.96. The summed E-state index contributed by atoms with van der Waals surface area (Å²) >= 11 is 0. The molecule has 1 aromatic carbocycles. The number of Topliss-reactive ketones (excluding diaryl/α,β-unsaturated/α-hetero) is 1. The number of carbonyl (C=O) groups excluding carboxylic acids is 1. The van der Waals surface area contributed by atoms with Crippen molar-refractivity contribution in [1.82, 2.24) is 0 Å². The van der Waals surface area contributed by atoms with Crippen LogP contribution in [0, 0.1) is 0 Å². The summed E-state index contributed by atoms with van der Waals surface area (Å²) in [6, 6.07) is 4.74. The summed E-state index contributed by atoms with van der Waals surface area (Å²) in [7, 11) is 0. The molecule has 0 spiro atoms. The van der Waals surface area contributed by atoms with Crippen molar-refractivity contribution in [2.24, 2.45) is 0 Å². The van der Waals surface area contributed by atoms with E-state index < -0.39 is 0 Å². The molecule has 0 saturated carbocycles. The lowest BCUT2D eigenvalue weighted by atomic mass is 10.1. The average Bonchev–Trinajstić information content (AvgIpc) is 2.33. The van der Waals surface area contributed by atoms with E-state index in [4.69, 9.17) is 4.74 Å². The fourth-order valence-corrected chi connectivity index (χ4v) is 1.55. The predicted octanol–water partition coefficient (Wildman–Crippen LogP) is 3.72. The number of phenolic OH excluding ortho intramolecular Hbond substituents is 1. The number of carbonyl (C=O) groups is 1. The number of ether oxygens (including phenoxy) is 1. The lowest BCUT2D eigenvalue weighted by molar-refractivity contribution is 0.101. The zero-order valence-corrected chi connectivity index (χ0v) is 11.0. The molecule has 0 aliphatic carbocycles. The number of allylic oxidation sites excluding steroid dienone is 1. The molecule has 0 saturated heterocycles. The smallest absolute Gasteiger partial charge is 0.163 e. The monoisotopic (exact) mass is 248 g/mol. The van der Waals surface area contributed by atoms with Gasteiger partial charge >= 0.3 is 0 Å². The molecule has 3 nitrogen and oxygen atoms in total. The van der Waals surface area contributed by atoms with Crippen LogP contribution in [0.15, 0.2) is 30.4 Å². The molecule has 0 aromatic heterocycles. The van der Waals surface area contributed by atoms with Crippen molar-refractivity contribution in [1.29, 1.82) is 0 Å². The second-order valence-corrected chi connectivity index (χ2v) is 4.16. The molecule has 0 unspecified atom stereocenters. The van der Waals surface area contributed by atoms with E-state index in [0.29, 0.717) is 17.9 Å². The van der Waals surface area contributed by atoms with Crippen molar-refractivity contribution in [3.8, 4) is 11.5 Å². The van der Waals surface area contributed by atoms with Crippen LogP contribution >= 0.6 is 0 Å². The van der Waals surface area contributed by atoms with Gasteiger partial charge in [-0.3, -0.25) is 4.79 Å². The Morgan fingerprint density at radius 1 is 1.39 bits per heavy atom. The first-order chi connectivity index (χ1) is 8.65. The zero-order valence-electron chi connectivity index (χ0n) is 11.0. The topological polar surface area (TPSA) is 46.5 Å². The first kappa shape index (κ1) is 14.3. The molecule has 3 heteroatoms. The lowest BCUT2D eigenvalue weighted by Crippen LogP contribution is -1.96. The molecule has 98 valence electrons. The Labute approximate surface area is 108 Å². The largest absolute Gasteiger partial charge is 0.507 e. The molecular weight excluding hydrogens is 228 g/mol. The SMILES string of the molecule is CCCC/C=C/COc1ccc(C(C)=O)c(O)c1. The van der Waals surface area contributed by atoms with Gasteiger partial charge in [0.1, 0.15) is 18.1 Å². The molecule has 0 aliphatic rings. The summed E-state index contributed by atoms with van der Waals surface area (Å²) in [6.45, 7) is 4.05. The molecule has 0 atom stereocenters. The normalized spacial score (nSPS) is 10.8. The number of unbranched alkanes of at least 4 members (excludes halogenated alkanes) is 2. The van der Waals surface area contributed by atoms with E-state index in [1.165, 1.54) is 25.8 Å². The molecule has 0 aliphatic heterocycles. The Morgan fingerprint density at radius 3 is 2.78 bits per heavy atom. The number of aromatic hydroxyl groups is 1. The Morgan fingerprint density at radius 2 is 2.17 bits per heavy atom. The lowest BCUT2D eigenvalue weighted by Gasteiger charge is -2.05. The number of benzene rings is 1. The van der Waals surface area contributed by atoms with Crippen LogP contribution in [-0.4, -0.2) is 17.5 Å². The van der Waals surface area contributed by atoms with Gasteiger partial charge in [0.05, 0.1) is 5.56 Å². The van der Waals surface area contributed by atoms with Crippen molar-refractivity contribution >= 4 is 5.78 Å². The number of hydrogen-bond acceptors (Lipinski definition) is 3. The fourth-order valence-electron chi connectivity index (χ4n) is 1.55. The summed E-state index contributed by atoms with van der Waals surface area (Å²) in [5, 5.41) is 9.62. The Kier molecular flexibility index (Phi) is 5.98. The van der Waals surface area contributed by atoms with E-state index in [2.05, 4.69) is 13.0 Å². The Bertz CT molecular complexity index is 422. The number of hydrogen-bond donors (Lipinski definition) is 1. The summed E-state index contributed by atoms with van der Waals surface area (Å²) in [4.78, 5) is 11.1. The van der Waals surface area contributed by atoms with Gasteiger partial charge < -0.3 is 9.84 Å². The van der Waals surface area contributed by atoms with Gasteiger partial charge in [-0.1, -0.05) is 31.9 Å². The summed E-state index contributed by atoms with van der Waals surface area (Å²) in [6.07, 6.45) is 7.49. The molecule has 1 aromatic rings. The van der Waals surface area contributed by atoms with Crippen LogP contribution in [0.4, 0.5) is 0 Å². The standard InChI is InChI=1S/C15H20O3/c1-3-4-5-6-7-10-18-13-8-9-14(12(2)16)15(17)11-13/h6-9,11,17H,3-5,10H2,1-2H3/b7-6+. The summed E-state index contributed by atoms with van der Waals surface area (Å²) in [5.41, 5.74) is 0.320. The van der Waals surface area contributed by atoms with E-state index in [1.54, 1.807) is 12.1 Å². The van der Waals surface area contributed by atoms with Crippen LogP contribution in [-0.2, 0) is 0 Å². The van der Waals surface area contributed by atoms with Crippen LogP contribution in [0.5, 0.6) is 11.5 Å². The first-order valence-corrected chi connectivity index (χ1v) is 6.27. The van der Waals surface area contributed by atoms with E-state index in [1.807, 2.05) is 6.08 Å². The quantitative estimate of drug-likeness (QED) is 0.454. The molecule has 0 heterocycles. The minimum absolute atomic E-state index is 0.0324. The number of phenols is 1. The van der Waals surface area contributed by atoms with Gasteiger partial charge in [-0.25, -0.2) is 0 Å². The summed E-state index contributed by atoms with van der Waals surface area (Å²) in [5.74, 6) is 0.381. The molecular formula is C15H20O3. The Balaban J connectivity index is 2.46. The average molecular weight is 248 g/mol. The number of rotatable bonds is 7. The maximum atomic E-state index is 11.1. The third-order valence-corrected chi connectivity index (χ3v) is 2.59. The third kappa shape index (κ3) is 4.62.